The molecule has 8 heteroatoms. The normalized spacial score (nSPS) is 16.5. The molecule has 1 N–H and O–H groups in total. The van der Waals surface area contributed by atoms with Crippen LogP contribution in [0.3, 0.4) is 0 Å². The topological polar surface area (TPSA) is 96.7 Å². The monoisotopic (exact) mass is 345 g/mol. The van der Waals surface area contributed by atoms with Gasteiger partial charge in [-0.15, -0.1) is 10.2 Å². The Bertz CT molecular complexity index is 713. The number of hydrogen-bond donors (Lipinski definition) is 1. The number of nitrogens with one attached hydrogen (secondary N) is 1. The van der Waals surface area contributed by atoms with Crippen molar-refractivity contribution in [2.24, 2.45) is 0 Å². The number of nitrogens with zero attached hydrogens (tertiary/aromatic N) is 4. The molecule has 1 aliphatic carbocycles. The van der Waals surface area contributed by atoms with Gasteiger partial charge in [0.15, 0.2) is 5.16 Å². The van der Waals surface area contributed by atoms with Crippen molar-refractivity contribution < 1.29 is 9.21 Å². The lowest BCUT2D eigenvalue weighted by Gasteiger charge is -2.31. The number of rotatable bonds is 6. The maximum Gasteiger partial charge on any atom is 0.231 e. The lowest BCUT2D eigenvalue weighted by molar-refractivity contribution is -0.120. The molecule has 2 heterocycles. The van der Waals surface area contributed by atoms with Crippen LogP contribution >= 0.6 is 11.8 Å². The highest BCUT2D eigenvalue weighted by Crippen LogP contribution is 2.27. The van der Waals surface area contributed by atoms with Gasteiger partial charge >= 0.3 is 0 Å². The maximum absolute atomic E-state index is 12.2. The second kappa shape index (κ2) is 7.53. The Kier molecular flexibility index (Phi) is 5.20. The van der Waals surface area contributed by atoms with Crippen molar-refractivity contribution in [1.29, 1.82) is 5.26 Å². The van der Waals surface area contributed by atoms with Crippen LogP contribution in [0.15, 0.2) is 34.3 Å². The lowest BCUT2D eigenvalue weighted by Crippen LogP contribution is -2.49. The van der Waals surface area contributed by atoms with Gasteiger partial charge in [0.05, 0.1) is 24.6 Å². The molecule has 126 valence electrons. The summed E-state index contributed by atoms with van der Waals surface area (Å²) >= 11 is 1.31. The van der Waals surface area contributed by atoms with Gasteiger partial charge in [0, 0.05) is 0 Å². The quantitative estimate of drug-likeness (QED) is 0.807. The minimum Gasteiger partial charge on any atom is -0.467 e. The van der Waals surface area contributed by atoms with E-state index in [1.165, 1.54) is 11.8 Å². The molecular weight excluding hydrogens is 326 g/mol. The van der Waals surface area contributed by atoms with E-state index in [-0.39, 0.29) is 11.7 Å². The van der Waals surface area contributed by atoms with Crippen molar-refractivity contribution >= 4 is 17.7 Å². The van der Waals surface area contributed by atoms with E-state index in [1.807, 2.05) is 16.7 Å². The standard InChI is InChI=1S/C16H19N5O2S/c17-11-16(6-2-1-3-7-16)19-14(22)10-24-15-20-18-12-21(15)9-13-5-4-8-23-13/h4-5,8,12H,1-3,6-7,9-10H2,(H,19,22). The van der Waals surface area contributed by atoms with Crippen molar-refractivity contribution in [2.45, 2.75) is 49.3 Å². The third-order valence-electron chi connectivity index (χ3n) is 4.12. The van der Waals surface area contributed by atoms with Crippen LogP contribution in [-0.4, -0.2) is 32.0 Å². The number of thioether (sulfide) groups is 1. The molecule has 0 aliphatic heterocycles. The van der Waals surface area contributed by atoms with Gasteiger partial charge in [-0.25, -0.2) is 0 Å². The Hall–Kier alpha value is -2.27. The Labute approximate surface area is 144 Å². The van der Waals surface area contributed by atoms with E-state index in [4.69, 9.17) is 4.42 Å². The molecule has 1 fully saturated rings. The zero-order chi connectivity index (χ0) is 16.8. The Morgan fingerprint density at radius 1 is 1.46 bits per heavy atom. The Morgan fingerprint density at radius 3 is 3.00 bits per heavy atom. The van der Waals surface area contributed by atoms with E-state index >= 15 is 0 Å². The number of amides is 1. The van der Waals surface area contributed by atoms with Crippen LogP contribution in [0, 0.1) is 11.3 Å². The Balaban J connectivity index is 1.55. The van der Waals surface area contributed by atoms with E-state index < -0.39 is 5.54 Å². The van der Waals surface area contributed by atoms with Gasteiger partial charge in [0.1, 0.15) is 17.6 Å². The molecule has 0 unspecified atom stereocenters. The first-order valence-electron chi connectivity index (χ1n) is 7.96. The zero-order valence-electron chi connectivity index (χ0n) is 13.3. The molecule has 0 aromatic carbocycles. The zero-order valence-corrected chi connectivity index (χ0v) is 14.1. The molecule has 0 bridgehead atoms. The van der Waals surface area contributed by atoms with Gasteiger partial charge in [-0.05, 0) is 25.0 Å². The summed E-state index contributed by atoms with van der Waals surface area (Å²) in [7, 11) is 0. The van der Waals surface area contributed by atoms with E-state index in [1.54, 1.807) is 12.6 Å². The van der Waals surface area contributed by atoms with Crippen molar-refractivity contribution in [3.05, 3.63) is 30.5 Å². The summed E-state index contributed by atoms with van der Waals surface area (Å²) in [4.78, 5) is 12.2. The smallest absolute Gasteiger partial charge is 0.231 e. The summed E-state index contributed by atoms with van der Waals surface area (Å²) in [5.41, 5.74) is -0.697. The fourth-order valence-electron chi connectivity index (χ4n) is 2.89. The number of hydrogen-bond acceptors (Lipinski definition) is 6. The number of carbonyl (C=O) groups is 1. The second-order valence-corrected chi connectivity index (χ2v) is 6.85. The maximum atomic E-state index is 12.2. The van der Waals surface area contributed by atoms with Crippen LogP contribution in [0.5, 0.6) is 0 Å². The minimum atomic E-state index is -0.697. The largest absolute Gasteiger partial charge is 0.467 e. The summed E-state index contributed by atoms with van der Waals surface area (Å²) in [5, 5.41) is 20.9. The first-order chi connectivity index (χ1) is 11.7. The SMILES string of the molecule is N#CC1(NC(=O)CSc2nncn2Cc2ccco2)CCCCC1. The van der Waals surface area contributed by atoms with Crippen LogP contribution in [0.2, 0.25) is 0 Å². The molecule has 1 saturated carbocycles. The fourth-order valence-corrected chi connectivity index (χ4v) is 3.60. The van der Waals surface area contributed by atoms with Crippen LogP contribution in [0.1, 0.15) is 37.9 Å². The van der Waals surface area contributed by atoms with E-state index in [0.29, 0.717) is 11.7 Å². The first kappa shape index (κ1) is 16.6. The molecule has 3 rings (SSSR count). The average Bonchev–Trinajstić information content (AvgIpc) is 3.26. The highest BCUT2D eigenvalue weighted by molar-refractivity contribution is 7.99. The van der Waals surface area contributed by atoms with Crippen LogP contribution < -0.4 is 5.32 Å². The van der Waals surface area contributed by atoms with Gasteiger partial charge in [-0.2, -0.15) is 5.26 Å². The van der Waals surface area contributed by atoms with Crippen molar-refractivity contribution in [3.63, 3.8) is 0 Å². The number of furan rings is 1. The average molecular weight is 345 g/mol. The Morgan fingerprint density at radius 2 is 2.29 bits per heavy atom. The molecule has 2 aromatic heterocycles. The molecule has 2 aromatic rings. The number of carbonyl (C=O) groups excluding carboxylic acids is 1. The van der Waals surface area contributed by atoms with Crippen molar-refractivity contribution in [1.82, 2.24) is 20.1 Å². The molecule has 1 amide bonds. The minimum absolute atomic E-state index is 0.143. The molecule has 1 aliphatic rings. The first-order valence-corrected chi connectivity index (χ1v) is 8.95. The van der Waals surface area contributed by atoms with Crippen molar-refractivity contribution in [3.8, 4) is 6.07 Å². The number of aromatic nitrogens is 3. The van der Waals surface area contributed by atoms with Crippen molar-refractivity contribution in [2.75, 3.05) is 5.75 Å². The highest BCUT2D eigenvalue weighted by atomic mass is 32.2. The number of nitriles is 1. The predicted octanol–water partition coefficient (Wildman–Crippen LogP) is 2.35. The van der Waals surface area contributed by atoms with E-state index in [0.717, 1.165) is 37.9 Å². The molecule has 24 heavy (non-hydrogen) atoms. The highest BCUT2D eigenvalue weighted by Gasteiger charge is 2.33. The molecule has 0 saturated heterocycles. The summed E-state index contributed by atoms with van der Waals surface area (Å²) in [6.45, 7) is 0.520. The summed E-state index contributed by atoms with van der Waals surface area (Å²) < 4.78 is 7.15. The molecule has 0 radical (unpaired) electrons. The van der Waals surface area contributed by atoms with Crippen LogP contribution in [0.25, 0.3) is 0 Å². The summed E-state index contributed by atoms with van der Waals surface area (Å²) in [6.07, 6.45) is 7.79. The molecule has 0 atom stereocenters. The van der Waals surface area contributed by atoms with E-state index in [9.17, 15) is 10.1 Å². The van der Waals surface area contributed by atoms with Gasteiger partial charge in [0.2, 0.25) is 5.91 Å². The van der Waals surface area contributed by atoms with Gasteiger partial charge in [0.25, 0.3) is 0 Å². The molecule has 0 spiro atoms. The second-order valence-electron chi connectivity index (χ2n) is 5.91. The fraction of sp³-hybridized carbons (Fsp3) is 0.500. The third kappa shape index (κ3) is 3.97. The van der Waals surface area contributed by atoms with E-state index in [2.05, 4.69) is 21.6 Å². The van der Waals surface area contributed by atoms with Crippen LogP contribution in [0.4, 0.5) is 0 Å². The van der Waals surface area contributed by atoms with Gasteiger partial charge in [-0.3, -0.25) is 4.79 Å². The van der Waals surface area contributed by atoms with Crippen LogP contribution in [-0.2, 0) is 11.3 Å². The molecule has 7 nitrogen and oxygen atoms in total. The summed E-state index contributed by atoms with van der Waals surface area (Å²) in [5.74, 6) is 0.864. The van der Waals surface area contributed by atoms with Gasteiger partial charge in [-0.1, -0.05) is 31.0 Å². The lowest BCUT2D eigenvalue weighted by atomic mass is 9.83. The van der Waals surface area contributed by atoms with Gasteiger partial charge < -0.3 is 14.3 Å². The molecular formula is C16H19N5O2S. The summed E-state index contributed by atoms with van der Waals surface area (Å²) in [6, 6.07) is 6.00. The third-order valence-corrected chi connectivity index (χ3v) is 5.10. The predicted molar refractivity (Wildman–Crippen MR) is 88.1 cm³/mol.